The molecule has 0 aromatic carbocycles. The molecular formula is C12H22O3S. The van der Waals surface area contributed by atoms with Gasteiger partial charge in [-0.1, -0.05) is 25.7 Å². The van der Waals surface area contributed by atoms with Gasteiger partial charge in [-0.2, -0.15) is 0 Å². The second-order valence-electron chi connectivity index (χ2n) is 4.55. The molecule has 16 heavy (non-hydrogen) atoms. The molecule has 1 atom stereocenters. The van der Waals surface area contributed by atoms with Crippen LogP contribution in [0, 0.1) is 0 Å². The van der Waals surface area contributed by atoms with Crippen LogP contribution in [0.25, 0.3) is 0 Å². The number of carboxylic acid groups (broad SMARTS) is 1. The maximum absolute atomic E-state index is 11.9. The second-order valence-corrected chi connectivity index (χ2v) is 6.39. The number of rotatable bonds is 7. The molecule has 1 fully saturated rings. The van der Waals surface area contributed by atoms with E-state index in [0.717, 1.165) is 37.9 Å². The van der Waals surface area contributed by atoms with Gasteiger partial charge in [-0.15, -0.1) is 0 Å². The molecule has 0 saturated heterocycles. The van der Waals surface area contributed by atoms with E-state index in [1.54, 1.807) is 0 Å². The molecule has 0 spiro atoms. The van der Waals surface area contributed by atoms with E-state index in [1.165, 1.54) is 19.3 Å². The molecule has 0 aromatic rings. The third kappa shape index (κ3) is 5.64. The normalized spacial score (nSPS) is 19.5. The summed E-state index contributed by atoms with van der Waals surface area (Å²) in [7, 11) is -0.668. The Hall–Kier alpha value is -0.380. The van der Waals surface area contributed by atoms with E-state index >= 15 is 0 Å². The second kappa shape index (κ2) is 7.82. The number of hydrogen-bond donors (Lipinski definition) is 1. The van der Waals surface area contributed by atoms with Crippen molar-refractivity contribution in [2.75, 3.05) is 5.75 Å². The highest BCUT2D eigenvalue weighted by Gasteiger charge is 2.18. The molecule has 1 aliphatic rings. The highest BCUT2D eigenvalue weighted by Crippen LogP contribution is 2.22. The van der Waals surface area contributed by atoms with Crippen LogP contribution >= 0.6 is 0 Å². The van der Waals surface area contributed by atoms with Crippen LogP contribution in [-0.2, 0) is 15.6 Å². The fourth-order valence-corrected chi connectivity index (χ4v) is 3.87. The van der Waals surface area contributed by atoms with Crippen LogP contribution in [0.3, 0.4) is 0 Å². The van der Waals surface area contributed by atoms with Gasteiger partial charge in [0.15, 0.2) is 0 Å². The Bertz CT molecular complexity index is 234. The van der Waals surface area contributed by atoms with E-state index < -0.39 is 16.8 Å². The third-order valence-corrected chi connectivity index (χ3v) is 5.07. The van der Waals surface area contributed by atoms with Gasteiger partial charge < -0.3 is 5.11 Å². The van der Waals surface area contributed by atoms with Gasteiger partial charge in [0.05, 0.1) is 0 Å². The fourth-order valence-electron chi connectivity index (χ4n) is 2.19. The van der Waals surface area contributed by atoms with E-state index in [0.29, 0.717) is 5.25 Å². The third-order valence-electron chi connectivity index (χ3n) is 3.16. The minimum atomic E-state index is -0.728. The SMILES string of the molecule is O=C(O)CCCCCS(=O)C1CCCCC1. The largest absolute Gasteiger partial charge is 0.481 e. The number of carbonyl (C=O) groups is 1. The van der Waals surface area contributed by atoms with Gasteiger partial charge in [0.25, 0.3) is 0 Å². The Morgan fingerprint density at radius 1 is 1.12 bits per heavy atom. The van der Waals surface area contributed by atoms with Gasteiger partial charge in [-0.05, 0) is 25.7 Å². The van der Waals surface area contributed by atoms with E-state index in [-0.39, 0.29) is 6.42 Å². The molecule has 0 bridgehead atoms. The monoisotopic (exact) mass is 246 g/mol. The van der Waals surface area contributed by atoms with Crippen molar-refractivity contribution in [1.82, 2.24) is 0 Å². The van der Waals surface area contributed by atoms with Crippen molar-refractivity contribution in [2.24, 2.45) is 0 Å². The zero-order valence-electron chi connectivity index (χ0n) is 9.82. The summed E-state index contributed by atoms with van der Waals surface area (Å²) in [5.74, 6) is 0.0398. The minimum absolute atomic E-state index is 0.246. The first-order valence-corrected chi connectivity index (χ1v) is 7.67. The van der Waals surface area contributed by atoms with Crippen molar-refractivity contribution in [1.29, 1.82) is 0 Å². The summed E-state index contributed by atoms with van der Waals surface area (Å²) >= 11 is 0. The molecule has 1 saturated carbocycles. The summed E-state index contributed by atoms with van der Waals surface area (Å²) in [4.78, 5) is 10.3. The van der Waals surface area contributed by atoms with Gasteiger partial charge in [0.2, 0.25) is 0 Å². The van der Waals surface area contributed by atoms with Crippen LogP contribution < -0.4 is 0 Å². The van der Waals surface area contributed by atoms with Crippen LogP contribution in [0.2, 0.25) is 0 Å². The van der Waals surface area contributed by atoms with Crippen LogP contribution in [0.15, 0.2) is 0 Å². The van der Waals surface area contributed by atoms with Crippen molar-refractivity contribution >= 4 is 16.8 Å². The van der Waals surface area contributed by atoms with Gasteiger partial charge in [0, 0.05) is 28.2 Å². The van der Waals surface area contributed by atoms with Gasteiger partial charge >= 0.3 is 5.97 Å². The zero-order valence-corrected chi connectivity index (χ0v) is 10.6. The first kappa shape index (κ1) is 13.7. The predicted octanol–water partition coefficient (Wildman–Crippen LogP) is 2.71. The lowest BCUT2D eigenvalue weighted by Gasteiger charge is -2.20. The molecule has 3 nitrogen and oxygen atoms in total. The Kier molecular flexibility index (Phi) is 6.69. The topological polar surface area (TPSA) is 54.4 Å². The van der Waals surface area contributed by atoms with Crippen LogP contribution in [-0.4, -0.2) is 26.3 Å². The molecule has 94 valence electrons. The summed E-state index contributed by atoms with van der Waals surface area (Å²) in [5, 5.41) is 8.89. The molecule has 0 amide bonds. The molecular weight excluding hydrogens is 224 g/mol. The zero-order chi connectivity index (χ0) is 11.8. The van der Waals surface area contributed by atoms with Crippen molar-refractivity contribution in [3.05, 3.63) is 0 Å². The standard InChI is InChI=1S/C12H22O3S/c13-12(14)9-5-2-6-10-16(15)11-7-3-1-4-8-11/h11H,1-10H2,(H,13,14). The maximum atomic E-state index is 11.9. The van der Waals surface area contributed by atoms with Crippen LogP contribution in [0.5, 0.6) is 0 Å². The Morgan fingerprint density at radius 2 is 1.81 bits per heavy atom. The van der Waals surface area contributed by atoms with E-state index in [2.05, 4.69) is 0 Å². The summed E-state index contributed by atoms with van der Waals surface area (Å²) < 4.78 is 11.9. The van der Waals surface area contributed by atoms with Crippen LogP contribution in [0.4, 0.5) is 0 Å². The summed E-state index contributed by atoms with van der Waals surface area (Å²) in [6, 6.07) is 0. The molecule has 0 aromatic heterocycles. The molecule has 1 N–H and O–H groups in total. The van der Waals surface area contributed by atoms with E-state index in [4.69, 9.17) is 5.11 Å². The number of hydrogen-bond acceptors (Lipinski definition) is 2. The lowest BCUT2D eigenvalue weighted by molar-refractivity contribution is -0.137. The summed E-state index contributed by atoms with van der Waals surface area (Å²) in [6.45, 7) is 0. The molecule has 1 rings (SSSR count). The Morgan fingerprint density at radius 3 is 2.44 bits per heavy atom. The van der Waals surface area contributed by atoms with E-state index in [9.17, 15) is 9.00 Å². The molecule has 0 heterocycles. The Labute approximate surface area is 100 Å². The van der Waals surface area contributed by atoms with Crippen molar-refractivity contribution < 1.29 is 14.1 Å². The number of carboxylic acids is 1. The maximum Gasteiger partial charge on any atom is 0.303 e. The van der Waals surface area contributed by atoms with Gasteiger partial charge in [-0.3, -0.25) is 9.00 Å². The highest BCUT2D eigenvalue weighted by atomic mass is 32.2. The summed E-state index contributed by atoms with van der Waals surface area (Å²) in [5.41, 5.74) is 0. The molecule has 4 heteroatoms. The molecule has 1 aliphatic carbocycles. The predicted molar refractivity (Wildman–Crippen MR) is 66.0 cm³/mol. The average molecular weight is 246 g/mol. The first-order chi connectivity index (χ1) is 7.70. The molecule has 0 aliphatic heterocycles. The van der Waals surface area contributed by atoms with Crippen molar-refractivity contribution in [3.63, 3.8) is 0 Å². The smallest absolute Gasteiger partial charge is 0.303 e. The number of aliphatic carboxylic acids is 1. The van der Waals surface area contributed by atoms with Crippen molar-refractivity contribution in [3.8, 4) is 0 Å². The van der Waals surface area contributed by atoms with E-state index in [1.807, 2.05) is 0 Å². The lowest BCUT2D eigenvalue weighted by Crippen LogP contribution is -2.20. The fraction of sp³-hybridized carbons (Fsp3) is 0.917. The van der Waals surface area contributed by atoms with Gasteiger partial charge in [-0.25, -0.2) is 0 Å². The highest BCUT2D eigenvalue weighted by molar-refractivity contribution is 7.85. The Balaban J connectivity index is 2.03. The van der Waals surface area contributed by atoms with Crippen LogP contribution in [0.1, 0.15) is 57.8 Å². The average Bonchev–Trinajstić information content (AvgIpc) is 2.29. The molecule has 1 unspecified atom stereocenters. The minimum Gasteiger partial charge on any atom is -0.481 e. The quantitative estimate of drug-likeness (QED) is 0.703. The summed E-state index contributed by atoms with van der Waals surface area (Å²) in [6.07, 6.45) is 8.79. The lowest BCUT2D eigenvalue weighted by atomic mass is 10.0. The van der Waals surface area contributed by atoms with Gasteiger partial charge in [0.1, 0.15) is 0 Å². The first-order valence-electron chi connectivity index (χ1n) is 6.29. The van der Waals surface area contributed by atoms with Crippen molar-refractivity contribution in [2.45, 2.75) is 63.0 Å². The molecule has 0 radical (unpaired) electrons. The number of unbranched alkanes of at least 4 members (excludes halogenated alkanes) is 2.